The van der Waals surface area contributed by atoms with E-state index in [0.717, 1.165) is 4.90 Å². The first-order chi connectivity index (χ1) is 11.1. The molecule has 1 saturated heterocycles. The van der Waals surface area contributed by atoms with Crippen LogP contribution in [0.4, 0.5) is 4.79 Å². The van der Waals surface area contributed by atoms with Gasteiger partial charge in [0.2, 0.25) is 5.91 Å². The summed E-state index contributed by atoms with van der Waals surface area (Å²) >= 11 is 0. The van der Waals surface area contributed by atoms with Crippen LogP contribution in [0.5, 0.6) is 0 Å². The third-order valence-corrected chi connectivity index (χ3v) is 3.49. The topological polar surface area (TPSA) is 78.0 Å². The number of carbonyl (C=O) groups is 2. The first-order valence-corrected chi connectivity index (χ1v) is 7.68. The molecule has 2 rings (SSSR count). The van der Waals surface area contributed by atoms with E-state index < -0.39 is 6.09 Å². The molecule has 1 fully saturated rings. The van der Waals surface area contributed by atoms with E-state index in [1.54, 1.807) is 24.4 Å². The van der Waals surface area contributed by atoms with Gasteiger partial charge in [0.15, 0.2) is 6.29 Å². The van der Waals surface area contributed by atoms with Gasteiger partial charge >= 0.3 is 6.09 Å². The highest BCUT2D eigenvalue weighted by atomic mass is 16.7. The van der Waals surface area contributed by atoms with E-state index in [1.807, 2.05) is 6.92 Å². The van der Waals surface area contributed by atoms with Gasteiger partial charge in [-0.3, -0.25) is 9.78 Å². The molecule has 7 heteroatoms. The summed E-state index contributed by atoms with van der Waals surface area (Å²) in [6, 6.07) is 5.32. The number of imide groups is 1. The van der Waals surface area contributed by atoms with Gasteiger partial charge in [0.05, 0.1) is 25.5 Å². The van der Waals surface area contributed by atoms with Gasteiger partial charge in [-0.1, -0.05) is 6.07 Å². The fraction of sp³-hybridized carbons (Fsp3) is 0.562. The van der Waals surface area contributed by atoms with Crippen LogP contribution in [0.15, 0.2) is 24.4 Å². The fourth-order valence-electron chi connectivity index (χ4n) is 2.30. The van der Waals surface area contributed by atoms with Crippen molar-refractivity contribution in [3.63, 3.8) is 0 Å². The number of aromatic nitrogens is 1. The Bertz CT molecular complexity index is 522. The molecule has 1 aliphatic rings. The largest absolute Gasteiger partial charge is 0.449 e. The summed E-state index contributed by atoms with van der Waals surface area (Å²) in [7, 11) is 0. The Morgan fingerprint density at radius 3 is 2.91 bits per heavy atom. The number of carbonyl (C=O) groups excluding carboxylic acids is 2. The lowest BCUT2D eigenvalue weighted by Crippen LogP contribution is -2.36. The Hall–Kier alpha value is -1.99. The molecule has 1 aromatic heterocycles. The molecule has 0 bridgehead atoms. The molecule has 0 N–H and O–H groups in total. The molecule has 0 aliphatic carbocycles. The molecule has 0 radical (unpaired) electrons. The highest BCUT2D eigenvalue weighted by Crippen LogP contribution is 2.21. The third-order valence-electron chi connectivity index (χ3n) is 3.49. The van der Waals surface area contributed by atoms with Crippen LogP contribution in [0.3, 0.4) is 0 Å². The van der Waals surface area contributed by atoms with Crippen molar-refractivity contribution < 1.29 is 23.8 Å². The normalized spacial score (nSPS) is 20.3. The lowest BCUT2D eigenvalue weighted by Gasteiger charge is -2.19. The molecule has 0 unspecified atom stereocenters. The standard InChI is InChI=1S/C16H22N2O5/c1-3-21-15-8-13(10-22-15)11-23-16(20)18(12(2)19)9-14-6-4-5-7-17-14/h4-7,13,15H,3,8-11H2,1-2H3/t13-,15+/m1/s1. The smallest absolute Gasteiger partial charge is 0.416 e. The van der Waals surface area contributed by atoms with Crippen LogP contribution in [-0.4, -0.2) is 48.0 Å². The van der Waals surface area contributed by atoms with Crippen LogP contribution in [0.1, 0.15) is 26.0 Å². The van der Waals surface area contributed by atoms with Crippen LogP contribution >= 0.6 is 0 Å². The van der Waals surface area contributed by atoms with Crippen molar-refractivity contribution in [1.82, 2.24) is 9.88 Å². The molecule has 1 aromatic rings. The predicted molar refractivity (Wildman–Crippen MR) is 81.3 cm³/mol. The molecule has 2 heterocycles. The van der Waals surface area contributed by atoms with Gasteiger partial charge in [-0.2, -0.15) is 0 Å². The van der Waals surface area contributed by atoms with Crippen LogP contribution in [-0.2, 0) is 25.5 Å². The number of amides is 2. The summed E-state index contributed by atoms with van der Waals surface area (Å²) in [5.74, 6) is -0.297. The van der Waals surface area contributed by atoms with E-state index in [2.05, 4.69) is 4.98 Å². The highest BCUT2D eigenvalue weighted by molar-refractivity contribution is 5.90. The number of hydrogen-bond acceptors (Lipinski definition) is 6. The van der Waals surface area contributed by atoms with E-state index in [-0.39, 0.29) is 31.3 Å². The number of hydrogen-bond donors (Lipinski definition) is 0. The van der Waals surface area contributed by atoms with Crippen molar-refractivity contribution >= 4 is 12.0 Å². The molecule has 2 amide bonds. The van der Waals surface area contributed by atoms with Crippen LogP contribution in [0.2, 0.25) is 0 Å². The monoisotopic (exact) mass is 322 g/mol. The van der Waals surface area contributed by atoms with E-state index in [1.165, 1.54) is 6.92 Å². The molecule has 1 aliphatic heterocycles. The first-order valence-electron chi connectivity index (χ1n) is 7.68. The lowest BCUT2D eigenvalue weighted by molar-refractivity contribution is -0.127. The van der Waals surface area contributed by atoms with E-state index in [4.69, 9.17) is 14.2 Å². The summed E-state index contributed by atoms with van der Waals surface area (Å²) in [6.07, 6.45) is 1.40. The van der Waals surface area contributed by atoms with Crippen molar-refractivity contribution in [3.05, 3.63) is 30.1 Å². The van der Waals surface area contributed by atoms with Crippen molar-refractivity contribution in [2.24, 2.45) is 5.92 Å². The quantitative estimate of drug-likeness (QED) is 0.797. The Balaban J connectivity index is 1.83. The zero-order chi connectivity index (χ0) is 16.7. The van der Waals surface area contributed by atoms with Crippen molar-refractivity contribution in [2.75, 3.05) is 19.8 Å². The second kappa shape index (κ2) is 8.59. The van der Waals surface area contributed by atoms with Crippen molar-refractivity contribution in [1.29, 1.82) is 0 Å². The van der Waals surface area contributed by atoms with Crippen LogP contribution in [0.25, 0.3) is 0 Å². The first kappa shape index (κ1) is 17.4. The third kappa shape index (κ3) is 5.30. The molecule has 126 valence electrons. The summed E-state index contributed by atoms with van der Waals surface area (Å²) in [4.78, 5) is 29.0. The average molecular weight is 322 g/mol. The Morgan fingerprint density at radius 1 is 1.43 bits per heavy atom. The van der Waals surface area contributed by atoms with Crippen LogP contribution in [0, 0.1) is 5.92 Å². The molecule has 0 spiro atoms. The van der Waals surface area contributed by atoms with E-state index in [9.17, 15) is 9.59 Å². The fourth-order valence-corrected chi connectivity index (χ4v) is 2.30. The highest BCUT2D eigenvalue weighted by Gasteiger charge is 2.28. The molecule has 0 aromatic carbocycles. The molecule has 0 saturated carbocycles. The zero-order valence-corrected chi connectivity index (χ0v) is 13.4. The lowest BCUT2D eigenvalue weighted by atomic mass is 10.1. The Morgan fingerprint density at radius 2 is 2.26 bits per heavy atom. The minimum atomic E-state index is -0.664. The minimum absolute atomic E-state index is 0.0826. The summed E-state index contributed by atoms with van der Waals surface area (Å²) in [5.41, 5.74) is 0.625. The number of ether oxygens (including phenoxy) is 3. The van der Waals surface area contributed by atoms with Crippen molar-refractivity contribution in [3.8, 4) is 0 Å². The SMILES string of the molecule is CCO[C@@H]1C[C@@H](COC(=O)N(Cc2ccccn2)C(C)=O)CO1. The maximum atomic E-state index is 12.1. The second-order valence-corrected chi connectivity index (χ2v) is 5.32. The number of pyridine rings is 1. The maximum absolute atomic E-state index is 12.1. The molecule has 7 nitrogen and oxygen atoms in total. The molecule has 2 atom stereocenters. The summed E-state index contributed by atoms with van der Waals surface area (Å²) in [6.45, 7) is 4.59. The Labute approximate surface area is 135 Å². The van der Waals surface area contributed by atoms with Gasteiger partial charge in [0, 0.05) is 32.1 Å². The van der Waals surface area contributed by atoms with E-state index in [0.29, 0.717) is 25.3 Å². The van der Waals surface area contributed by atoms with E-state index >= 15 is 0 Å². The molecular formula is C16H22N2O5. The summed E-state index contributed by atoms with van der Waals surface area (Å²) < 4.78 is 16.1. The second-order valence-electron chi connectivity index (χ2n) is 5.32. The summed E-state index contributed by atoms with van der Waals surface area (Å²) in [5, 5.41) is 0. The average Bonchev–Trinajstić information content (AvgIpc) is 2.99. The van der Waals surface area contributed by atoms with Gasteiger partial charge in [0.1, 0.15) is 0 Å². The van der Waals surface area contributed by atoms with Gasteiger partial charge in [-0.05, 0) is 19.1 Å². The number of rotatable bonds is 6. The molecule has 23 heavy (non-hydrogen) atoms. The maximum Gasteiger partial charge on any atom is 0.416 e. The van der Waals surface area contributed by atoms with Gasteiger partial charge in [-0.15, -0.1) is 0 Å². The van der Waals surface area contributed by atoms with Gasteiger partial charge < -0.3 is 14.2 Å². The van der Waals surface area contributed by atoms with Crippen LogP contribution < -0.4 is 0 Å². The van der Waals surface area contributed by atoms with Gasteiger partial charge in [0.25, 0.3) is 0 Å². The predicted octanol–water partition coefficient (Wildman–Crippen LogP) is 1.97. The number of nitrogens with zero attached hydrogens (tertiary/aromatic N) is 2. The van der Waals surface area contributed by atoms with Gasteiger partial charge in [-0.25, -0.2) is 9.69 Å². The van der Waals surface area contributed by atoms with Crippen molar-refractivity contribution in [2.45, 2.75) is 33.1 Å². The Kier molecular flexibility index (Phi) is 6.49. The minimum Gasteiger partial charge on any atom is -0.449 e. The zero-order valence-electron chi connectivity index (χ0n) is 13.4. The molecular weight excluding hydrogens is 300 g/mol.